The molecule has 32 heavy (non-hydrogen) atoms. The van der Waals surface area contributed by atoms with E-state index in [9.17, 15) is 27.8 Å². The van der Waals surface area contributed by atoms with Crippen molar-refractivity contribution in [3.05, 3.63) is 129 Å². The van der Waals surface area contributed by atoms with Crippen molar-refractivity contribution in [2.24, 2.45) is 0 Å². The summed E-state index contributed by atoms with van der Waals surface area (Å²) in [4.78, 5) is 0. The minimum Gasteiger partial charge on any atom is -0.503 e. The van der Waals surface area contributed by atoms with Gasteiger partial charge in [0.1, 0.15) is 0 Å². The summed E-state index contributed by atoms with van der Waals surface area (Å²) in [5.74, 6) is -7.05. The van der Waals surface area contributed by atoms with E-state index in [2.05, 4.69) is 0 Å². The lowest BCUT2D eigenvalue weighted by Gasteiger charge is -2.42. The summed E-state index contributed by atoms with van der Waals surface area (Å²) < 4.78 is 58.3. The summed E-state index contributed by atoms with van der Waals surface area (Å²) in [6.07, 6.45) is 0.514. The number of phenols is 2. The van der Waals surface area contributed by atoms with Crippen LogP contribution in [0.5, 0.6) is 11.5 Å². The molecule has 0 bridgehead atoms. The summed E-state index contributed by atoms with van der Waals surface area (Å²) in [6.45, 7) is 0. The highest BCUT2D eigenvalue weighted by Crippen LogP contribution is 2.52. The van der Waals surface area contributed by atoms with Gasteiger partial charge in [0.25, 0.3) is 0 Å². The number of fused-ring (bicyclic) bond motifs is 2. The van der Waals surface area contributed by atoms with Gasteiger partial charge >= 0.3 is 0 Å². The van der Waals surface area contributed by atoms with Gasteiger partial charge in [0.2, 0.25) is 0 Å². The zero-order chi connectivity index (χ0) is 22.6. The van der Waals surface area contributed by atoms with Gasteiger partial charge in [-0.05, 0) is 64.1 Å². The van der Waals surface area contributed by atoms with Crippen LogP contribution in [0.3, 0.4) is 0 Å². The molecule has 4 aromatic rings. The summed E-state index contributed by atoms with van der Waals surface area (Å²) in [5, 5.41) is 19.4. The Kier molecular flexibility index (Phi) is 4.48. The van der Waals surface area contributed by atoms with E-state index in [4.69, 9.17) is 0 Å². The first-order valence-corrected chi connectivity index (χ1v) is 9.87. The Morgan fingerprint density at radius 1 is 0.562 bits per heavy atom. The first-order chi connectivity index (χ1) is 15.3. The molecular formula is C26H16F4O2. The normalized spacial score (nSPS) is 14.0. The number of benzene rings is 4. The van der Waals surface area contributed by atoms with E-state index in [1.807, 2.05) is 24.3 Å². The van der Waals surface area contributed by atoms with E-state index < -0.39 is 40.2 Å². The maximum atomic E-state index is 14.6. The maximum Gasteiger partial charge on any atom is 0.187 e. The second-order valence-corrected chi connectivity index (χ2v) is 7.82. The van der Waals surface area contributed by atoms with Crippen molar-refractivity contribution in [1.82, 2.24) is 0 Å². The molecule has 0 heterocycles. The van der Waals surface area contributed by atoms with Gasteiger partial charge in [-0.1, -0.05) is 48.5 Å². The molecule has 0 fully saturated rings. The van der Waals surface area contributed by atoms with Crippen LogP contribution in [0.2, 0.25) is 0 Å². The van der Waals surface area contributed by atoms with Crippen molar-refractivity contribution in [3.63, 3.8) is 0 Å². The van der Waals surface area contributed by atoms with Crippen LogP contribution in [0, 0.1) is 23.3 Å². The lowest BCUT2D eigenvalue weighted by molar-refractivity contribution is 0.392. The molecule has 0 spiro atoms. The van der Waals surface area contributed by atoms with Crippen molar-refractivity contribution in [2.45, 2.75) is 11.8 Å². The number of rotatable bonds is 2. The zero-order valence-corrected chi connectivity index (χ0v) is 16.5. The third kappa shape index (κ3) is 2.72. The molecule has 0 aromatic heterocycles. The molecular weight excluding hydrogens is 420 g/mol. The fourth-order valence-corrected chi connectivity index (χ4v) is 4.78. The minimum absolute atomic E-state index is 0.0504. The molecule has 0 atom stereocenters. The number of phenolic OH excluding ortho intramolecular Hbond substituents is 2. The van der Waals surface area contributed by atoms with Gasteiger partial charge < -0.3 is 10.2 Å². The van der Waals surface area contributed by atoms with E-state index in [0.29, 0.717) is 17.5 Å². The Morgan fingerprint density at radius 3 is 1.28 bits per heavy atom. The second kappa shape index (κ2) is 7.12. The number of hydrogen-bond donors (Lipinski definition) is 2. The predicted molar refractivity (Wildman–Crippen MR) is 111 cm³/mol. The van der Waals surface area contributed by atoms with Crippen molar-refractivity contribution in [2.75, 3.05) is 0 Å². The van der Waals surface area contributed by atoms with E-state index in [-0.39, 0.29) is 11.1 Å². The Balaban J connectivity index is 2.01. The van der Waals surface area contributed by atoms with Crippen LogP contribution in [0.1, 0.15) is 33.4 Å². The van der Waals surface area contributed by atoms with Crippen LogP contribution in [0.25, 0.3) is 0 Å². The summed E-state index contributed by atoms with van der Waals surface area (Å²) >= 11 is 0. The largest absolute Gasteiger partial charge is 0.503 e. The smallest absolute Gasteiger partial charge is 0.187 e. The lowest BCUT2D eigenvalue weighted by Crippen LogP contribution is -2.36. The quantitative estimate of drug-likeness (QED) is 0.336. The van der Waals surface area contributed by atoms with E-state index in [1.54, 1.807) is 24.3 Å². The van der Waals surface area contributed by atoms with Crippen molar-refractivity contribution in [1.29, 1.82) is 0 Å². The zero-order valence-electron chi connectivity index (χ0n) is 16.5. The topological polar surface area (TPSA) is 40.5 Å². The van der Waals surface area contributed by atoms with Gasteiger partial charge in [0, 0.05) is 0 Å². The highest BCUT2D eigenvalue weighted by Gasteiger charge is 2.45. The SMILES string of the molecule is Oc1c(F)cc(C2(c3cc(F)c(O)c(F)c3)c3ccccc3Cc3ccccc32)cc1F. The van der Waals surface area contributed by atoms with Crippen LogP contribution >= 0.6 is 0 Å². The van der Waals surface area contributed by atoms with Gasteiger partial charge in [0.15, 0.2) is 34.8 Å². The van der Waals surface area contributed by atoms with Gasteiger partial charge in [-0.25, -0.2) is 17.6 Å². The van der Waals surface area contributed by atoms with Gasteiger partial charge in [0.05, 0.1) is 5.41 Å². The molecule has 2 nitrogen and oxygen atoms in total. The molecule has 4 aromatic carbocycles. The number of halogens is 4. The highest BCUT2D eigenvalue weighted by atomic mass is 19.1. The average Bonchev–Trinajstić information content (AvgIpc) is 2.78. The Bertz CT molecular complexity index is 1230. The van der Waals surface area contributed by atoms with Gasteiger partial charge in [-0.3, -0.25) is 0 Å². The van der Waals surface area contributed by atoms with Crippen LogP contribution < -0.4 is 0 Å². The molecule has 0 radical (unpaired) electrons. The Labute approximate surface area is 181 Å². The molecule has 0 aliphatic heterocycles. The average molecular weight is 436 g/mol. The monoisotopic (exact) mass is 436 g/mol. The maximum absolute atomic E-state index is 14.6. The molecule has 1 aliphatic carbocycles. The van der Waals surface area contributed by atoms with Crippen LogP contribution in [0.4, 0.5) is 17.6 Å². The molecule has 2 N–H and O–H groups in total. The summed E-state index contributed by atoms with van der Waals surface area (Å²) in [6, 6.07) is 18.2. The van der Waals surface area contributed by atoms with Crippen molar-refractivity contribution >= 4 is 0 Å². The standard InChI is InChI=1S/C26H16F4O2/c27-20-10-16(11-21(28)24(20)31)26(17-12-22(29)25(32)23(30)13-17)18-7-3-1-5-14(18)9-15-6-2-4-8-19(15)26/h1-8,10-13,31-32H,9H2. The van der Waals surface area contributed by atoms with E-state index in [1.165, 1.54) is 0 Å². The van der Waals surface area contributed by atoms with Gasteiger partial charge in [-0.15, -0.1) is 0 Å². The summed E-state index contributed by atoms with van der Waals surface area (Å²) in [5.41, 5.74) is 1.41. The van der Waals surface area contributed by atoms with Crippen LogP contribution in [-0.2, 0) is 11.8 Å². The Morgan fingerprint density at radius 2 is 0.906 bits per heavy atom. The molecule has 1 aliphatic rings. The lowest BCUT2D eigenvalue weighted by atomic mass is 9.59. The highest BCUT2D eigenvalue weighted by molar-refractivity contribution is 5.67. The third-order valence-corrected chi connectivity index (χ3v) is 6.12. The third-order valence-electron chi connectivity index (χ3n) is 6.12. The first kappa shape index (κ1) is 20.1. The molecule has 0 saturated carbocycles. The first-order valence-electron chi connectivity index (χ1n) is 9.87. The molecule has 0 unspecified atom stereocenters. The fraction of sp³-hybridized carbons (Fsp3) is 0.0769. The summed E-state index contributed by atoms with van der Waals surface area (Å²) in [7, 11) is 0. The fourth-order valence-electron chi connectivity index (χ4n) is 4.78. The second-order valence-electron chi connectivity index (χ2n) is 7.82. The Hall–Kier alpha value is -3.80. The number of aromatic hydroxyl groups is 2. The van der Waals surface area contributed by atoms with E-state index in [0.717, 1.165) is 35.4 Å². The molecule has 160 valence electrons. The molecule has 0 amide bonds. The van der Waals surface area contributed by atoms with Gasteiger partial charge in [-0.2, -0.15) is 0 Å². The molecule has 0 saturated heterocycles. The number of hydrogen-bond acceptors (Lipinski definition) is 2. The van der Waals surface area contributed by atoms with Crippen LogP contribution in [0.15, 0.2) is 72.8 Å². The molecule has 5 rings (SSSR count). The minimum atomic E-state index is -1.50. The van der Waals surface area contributed by atoms with E-state index >= 15 is 0 Å². The molecule has 6 heteroatoms. The van der Waals surface area contributed by atoms with Crippen molar-refractivity contribution in [3.8, 4) is 11.5 Å². The van der Waals surface area contributed by atoms with Crippen molar-refractivity contribution < 1.29 is 27.8 Å². The van der Waals surface area contributed by atoms with Crippen LogP contribution in [-0.4, -0.2) is 10.2 Å². The predicted octanol–water partition coefficient (Wildman–Crippen LogP) is 5.94.